The standard InChI is InChI=1S/C17H22N4O.ClH/c1-3-21(12-13-9-19-20(2)11-13)17(22)16-8-14-6-4-5-7-15(14)10-18-16;/h4-7,9,11,16,18H,3,8,10,12H2,1-2H3;1H/t16-;/m1./s1. The summed E-state index contributed by atoms with van der Waals surface area (Å²) in [6.07, 6.45) is 4.54. The lowest BCUT2D eigenvalue weighted by Crippen LogP contribution is -2.49. The summed E-state index contributed by atoms with van der Waals surface area (Å²) in [4.78, 5) is 14.7. The Kier molecular flexibility index (Phi) is 5.80. The van der Waals surface area contributed by atoms with Crippen molar-refractivity contribution in [2.24, 2.45) is 7.05 Å². The molecule has 5 nitrogen and oxygen atoms in total. The Labute approximate surface area is 143 Å². The molecule has 124 valence electrons. The molecule has 2 heterocycles. The zero-order valence-corrected chi connectivity index (χ0v) is 14.3. The highest BCUT2D eigenvalue weighted by Gasteiger charge is 2.27. The van der Waals surface area contributed by atoms with Crippen LogP contribution in [0.1, 0.15) is 23.6 Å². The SMILES string of the molecule is CCN(Cc1cnn(C)c1)C(=O)[C@H]1Cc2ccccc2CN1.Cl. The molecule has 0 spiro atoms. The third-order valence-corrected chi connectivity index (χ3v) is 4.20. The number of carbonyl (C=O) groups is 1. The molecule has 23 heavy (non-hydrogen) atoms. The van der Waals surface area contributed by atoms with E-state index in [-0.39, 0.29) is 24.4 Å². The predicted octanol–water partition coefficient (Wildman–Crippen LogP) is 1.90. The van der Waals surface area contributed by atoms with E-state index in [1.54, 1.807) is 4.68 Å². The number of halogens is 1. The van der Waals surface area contributed by atoms with E-state index in [0.717, 1.165) is 18.5 Å². The Morgan fingerprint density at radius 3 is 2.78 bits per heavy atom. The maximum absolute atomic E-state index is 12.8. The molecule has 0 fully saturated rings. The van der Waals surface area contributed by atoms with E-state index in [4.69, 9.17) is 0 Å². The number of aryl methyl sites for hydroxylation is 1. The molecule has 1 aromatic heterocycles. The summed E-state index contributed by atoms with van der Waals surface area (Å²) in [5.41, 5.74) is 3.63. The summed E-state index contributed by atoms with van der Waals surface area (Å²) in [6, 6.07) is 8.19. The monoisotopic (exact) mass is 334 g/mol. The summed E-state index contributed by atoms with van der Waals surface area (Å²) in [7, 11) is 1.89. The van der Waals surface area contributed by atoms with E-state index in [1.165, 1.54) is 11.1 Å². The van der Waals surface area contributed by atoms with Crippen LogP contribution in [0.25, 0.3) is 0 Å². The first-order valence-corrected chi connectivity index (χ1v) is 7.74. The number of likely N-dealkylation sites (N-methyl/N-ethyl adjacent to an activating group) is 1. The first-order valence-electron chi connectivity index (χ1n) is 7.74. The number of aromatic nitrogens is 2. The zero-order chi connectivity index (χ0) is 15.5. The van der Waals surface area contributed by atoms with E-state index in [0.29, 0.717) is 13.1 Å². The van der Waals surface area contributed by atoms with E-state index in [1.807, 2.05) is 43.4 Å². The van der Waals surface area contributed by atoms with Crippen LogP contribution < -0.4 is 5.32 Å². The molecule has 0 aliphatic carbocycles. The summed E-state index contributed by atoms with van der Waals surface area (Å²) in [5, 5.41) is 7.54. The number of benzene rings is 1. The number of nitrogens with one attached hydrogen (secondary N) is 1. The van der Waals surface area contributed by atoms with E-state index in [2.05, 4.69) is 22.5 Å². The van der Waals surface area contributed by atoms with Gasteiger partial charge in [0.1, 0.15) is 0 Å². The summed E-state index contributed by atoms with van der Waals surface area (Å²) >= 11 is 0. The number of amides is 1. The lowest BCUT2D eigenvalue weighted by molar-refractivity contribution is -0.134. The molecule has 1 aliphatic heterocycles. The van der Waals surface area contributed by atoms with Crippen molar-refractivity contribution >= 4 is 18.3 Å². The summed E-state index contributed by atoms with van der Waals surface area (Å²) < 4.78 is 1.77. The van der Waals surface area contributed by atoms with Crippen molar-refractivity contribution in [3.8, 4) is 0 Å². The highest BCUT2D eigenvalue weighted by molar-refractivity contribution is 5.85. The number of hydrogen-bond donors (Lipinski definition) is 1. The van der Waals surface area contributed by atoms with E-state index < -0.39 is 0 Å². The third-order valence-electron chi connectivity index (χ3n) is 4.20. The van der Waals surface area contributed by atoms with Crippen molar-refractivity contribution in [2.45, 2.75) is 32.5 Å². The van der Waals surface area contributed by atoms with Gasteiger partial charge < -0.3 is 10.2 Å². The minimum Gasteiger partial charge on any atom is -0.337 e. The van der Waals surface area contributed by atoms with Gasteiger partial charge in [0.25, 0.3) is 0 Å². The van der Waals surface area contributed by atoms with Gasteiger partial charge in [-0.2, -0.15) is 5.10 Å². The van der Waals surface area contributed by atoms with Gasteiger partial charge in [0.15, 0.2) is 0 Å². The third kappa shape index (κ3) is 3.92. The maximum Gasteiger partial charge on any atom is 0.240 e. The molecule has 0 saturated carbocycles. The minimum atomic E-state index is -0.133. The molecule has 6 heteroatoms. The van der Waals surface area contributed by atoms with Gasteiger partial charge in [0.2, 0.25) is 5.91 Å². The van der Waals surface area contributed by atoms with Gasteiger partial charge in [-0.25, -0.2) is 0 Å². The Bertz CT molecular complexity index is 670. The van der Waals surface area contributed by atoms with Gasteiger partial charge in [-0.1, -0.05) is 24.3 Å². The van der Waals surface area contributed by atoms with Crippen LogP contribution in [0, 0.1) is 0 Å². The molecule has 0 saturated heterocycles. The number of nitrogens with zero attached hydrogens (tertiary/aromatic N) is 3. The van der Waals surface area contributed by atoms with Crippen molar-refractivity contribution in [2.75, 3.05) is 6.54 Å². The van der Waals surface area contributed by atoms with Gasteiger partial charge in [-0.15, -0.1) is 12.4 Å². The van der Waals surface area contributed by atoms with Gasteiger partial charge in [-0.05, 0) is 24.5 Å². The van der Waals surface area contributed by atoms with Gasteiger partial charge >= 0.3 is 0 Å². The van der Waals surface area contributed by atoms with Crippen molar-refractivity contribution in [3.05, 3.63) is 53.3 Å². The molecule has 2 aromatic rings. The highest BCUT2D eigenvalue weighted by Crippen LogP contribution is 2.18. The van der Waals surface area contributed by atoms with E-state index in [9.17, 15) is 4.79 Å². The lowest BCUT2D eigenvalue weighted by Gasteiger charge is -2.30. The molecule has 1 amide bonds. The molecule has 0 bridgehead atoms. The molecule has 1 aliphatic rings. The average Bonchev–Trinajstić information content (AvgIpc) is 2.96. The predicted molar refractivity (Wildman–Crippen MR) is 92.3 cm³/mol. The molecule has 0 radical (unpaired) electrons. The van der Waals surface area contributed by atoms with Crippen LogP contribution in [-0.4, -0.2) is 33.2 Å². The van der Waals surface area contributed by atoms with Crippen molar-refractivity contribution in [1.29, 1.82) is 0 Å². The van der Waals surface area contributed by atoms with Crippen LogP contribution in [0.3, 0.4) is 0 Å². The van der Waals surface area contributed by atoms with Crippen LogP contribution in [0.2, 0.25) is 0 Å². The van der Waals surface area contributed by atoms with Gasteiger partial charge in [0.05, 0.1) is 12.2 Å². The summed E-state index contributed by atoms with van der Waals surface area (Å²) in [5.74, 6) is 0.167. The van der Waals surface area contributed by atoms with Gasteiger partial charge in [0, 0.05) is 38.4 Å². The number of hydrogen-bond acceptors (Lipinski definition) is 3. The number of fused-ring (bicyclic) bond motifs is 1. The average molecular weight is 335 g/mol. The normalized spacial score (nSPS) is 16.3. The van der Waals surface area contributed by atoms with Crippen molar-refractivity contribution in [1.82, 2.24) is 20.0 Å². The molecule has 3 rings (SSSR count). The molecule has 0 unspecified atom stereocenters. The zero-order valence-electron chi connectivity index (χ0n) is 13.5. The first-order chi connectivity index (χ1) is 10.7. The van der Waals surface area contributed by atoms with Gasteiger partial charge in [-0.3, -0.25) is 9.48 Å². The molecule has 1 N–H and O–H groups in total. The first kappa shape index (κ1) is 17.5. The molecular formula is C17H23ClN4O. The molecule has 1 aromatic carbocycles. The van der Waals surface area contributed by atoms with Crippen LogP contribution in [0.4, 0.5) is 0 Å². The van der Waals surface area contributed by atoms with Crippen LogP contribution in [0.5, 0.6) is 0 Å². The second-order valence-corrected chi connectivity index (χ2v) is 5.78. The van der Waals surface area contributed by atoms with E-state index >= 15 is 0 Å². The minimum absolute atomic E-state index is 0. The molecule has 1 atom stereocenters. The second kappa shape index (κ2) is 7.62. The largest absolute Gasteiger partial charge is 0.337 e. The Hall–Kier alpha value is -1.85. The molecular weight excluding hydrogens is 312 g/mol. The fourth-order valence-electron chi connectivity index (χ4n) is 2.97. The Morgan fingerprint density at radius 2 is 2.13 bits per heavy atom. The fourth-order valence-corrected chi connectivity index (χ4v) is 2.97. The second-order valence-electron chi connectivity index (χ2n) is 5.78. The number of rotatable bonds is 4. The fraction of sp³-hybridized carbons (Fsp3) is 0.412. The highest BCUT2D eigenvalue weighted by atomic mass is 35.5. The van der Waals surface area contributed by atoms with Crippen LogP contribution in [-0.2, 0) is 31.4 Å². The van der Waals surface area contributed by atoms with Crippen molar-refractivity contribution in [3.63, 3.8) is 0 Å². The smallest absolute Gasteiger partial charge is 0.240 e. The Balaban J connectivity index is 0.00000192. The lowest BCUT2D eigenvalue weighted by atomic mass is 9.95. The van der Waals surface area contributed by atoms with Crippen molar-refractivity contribution < 1.29 is 4.79 Å². The quantitative estimate of drug-likeness (QED) is 0.929. The summed E-state index contributed by atoms with van der Waals surface area (Å²) in [6.45, 7) is 4.10. The van der Waals surface area contributed by atoms with Crippen LogP contribution >= 0.6 is 12.4 Å². The number of carbonyl (C=O) groups excluding carboxylic acids is 1. The Morgan fingerprint density at radius 1 is 1.39 bits per heavy atom. The maximum atomic E-state index is 12.8. The topological polar surface area (TPSA) is 50.2 Å². The van der Waals surface area contributed by atoms with Crippen LogP contribution in [0.15, 0.2) is 36.7 Å².